The highest BCUT2D eigenvalue weighted by Crippen LogP contribution is 2.24. The monoisotopic (exact) mass is 349 g/mol. The number of carbonyl (C=O) groups is 2. The van der Waals surface area contributed by atoms with Crippen LogP contribution >= 0.6 is 11.6 Å². The van der Waals surface area contributed by atoms with E-state index in [2.05, 4.69) is 5.32 Å². The van der Waals surface area contributed by atoms with E-state index in [4.69, 9.17) is 21.4 Å². The summed E-state index contributed by atoms with van der Waals surface area (Å²) in [6.45, 7) is 3.35. The summed E-state index contributed by atoms with van der Waals surface area (Å²) in [5, 5.41) is 21.5. The summed E-state index contributed by atoms with van der Waals surface area (Å²) in [6.07, 6.45) is -0.861. The molecule has 0 spiro atoms. The standard InChI is InChI=1S/C17H16ClNO5/c1-9-7-11(18)3-6-15(9)24-10(2)16(21)19-14-5-4-12(20)8-13(14)17(22)23/h3-8,10,20H,1-2H3,(H,19,21)(H,22,23)/t10-/m1/s1. The number of carboxylic acid groups (broad SMARTS) is 1. The van der Waals surface area contributed by atoms with E-state index in [0.717, 1.165) is 11.6 Å². The first-order chi connectivity index (χ1) is 11.3. The fraction of sp³-hybridized carbons (Fsp3) is 0.176. The van der Waals surface area contributed by atoms with Crippen LogP contribution in [-0.4, -0.2) is 28.2 Å². The van der Waals surface area contributed by atoms with Gasteiger partial charge in [-0.2, -0.15) is 0 Å². The Bertz CT molecular complexity index is 791. The molecule has 3 N–H and O–H groups in total. The maximum atomic E-state index is 12.2. The van der Waals surface area contributed by atoms with Crippen LogP contribution in [0.4, 0.5) is 5.69 Å². The molecule has 0 aliphatic rings. The van der Waals surface area contributed by atoms with Crippen molar-refractivity contribution < 1.29 is 24.5 Å². The Morgan fingerprint density at radius 1 is 1.21 bits per heavy atom. The lowest BCUT2D eigenvalue weighted by atomic mass is 10.1. The first-order valence-electron chi connectivity index (χ1n) is 7.08. The number of amides is 1. The average molecular weight is 350 g/mol. The van der Waals surface area contributed by atoms with Gasteiger partial charge in [-0.15, -0.1) is 0 Å². The number of carbonyl (C=O) groups excluding carboxylic acids is 1. The van der Waals surface area contributed by atoms with Crippen molar-refractivity contribution in [3.63, 3.8) is 0 Å². The van der Waals surface area contributed by atoms with Gasteiger partial charge in [-0.25, -0.2) is 4.79 Å². The Morgan fingerprint density at radius 2 is 1.92 bits per heavy atom. The maximum absolute atomic E-state index is 12.2. The number of hydrogen-bond donors (Lipinski definition) is 3. The molecule has 2 rings (SSSR count). The molecule has 0 saturated heterocycles. The lowest BCUT2D eigenvalue weighted by Gasteiger charge is -2.17. The molecule has 0 saturated carbocycles. The van der Waals surface area contributed by atoms with Crippen LogP contribution in [0.3, 0.4) is 0 Å². The van der Waals surface area contributed by atoms with Gasteiger partial charge in [0.2, 0.25) is 0 Å². The molecule has 1 amide bonds. The molecule has 126 valence electrons. The summed E-state index contributed by atoms with van der Waals surface area (Å²) < 4.78 is 5.59. The summed E-state index contributed by atoms with van der Waals surface area (Å²) in [6, 6.07) is 8.69. The van der Waals surface area contributed by atoms with Crippen molar-refractivity contribution in [3.8, 4) is 11.5 Å². The molecule has 2 aromatic rings. The van der Waals surface area contributed by atoms with E-state index in [1.807, 2.05) is 0 Å². The third-order valence-electron chi connectivity index (χ3n) is 3.30. The van der Waals surface area contributed by atoms with E-state index in [9.17, 15) is 14.7 Å². The third kappa shape index (κ3) is 4.17. The van der Waals surface area contributed by atoms with Gasteiger partial charge < -0.3 is 20.3 Å². The predicted molar refractivity (Wildman–Crippen MR) is 90.0 cm³/mol. The molecule has 24 heavy (non-hydrogen) atoms. The van der Waals surface area contributed by atoms with Crippen molar-refractivity contribution in [1.29, 1.82) is 0 Å². The van der Waals surface area contributed by atoms with Crippen molar-refractivity contribution in [2.75, 3.05) is 5.32 Å². The highest BCUT2D eigenvalue weighted by atomic mass is 35.5. The molecule has 2 aromatic carbocycles. The van der Waals surface area contributed by atoms with Gasteiger partial charge >= 0.3 is 5.97 Å². The number of phenolic OH excluding ortho intramolecular Hbond substituents is 1. The summed E-state index contributed by atoms with van der Waals surface area (Å²) in [4.78, 5) is 23.4. The van der Waals surface area contributed by atoms with Crippen LogP contribution in [0.2, 0.25) is 5.02 Å². The zero-order valence-electron chi connectivity index (χ0n) is 13.0. The van der Waals surface area contributed by atoms with Crippen LogP contribution in [0.5, 0.6) is 11.5 Å². The minimum absolute atomic E-state index is 0.0774. The van der Waals surface area contributed by atoms with Gasteiger partial charge in [0, 0.05) is 5.02 Å². The number of phenols is 1. The Kier molecular flexibility index (Phi) is 5.31. The quantitative estimate of drug-likeness (QED) is 0.718. The van der Waals surface area contributed by atoms with E-state index in [-0.39, 0.29) is 17.0 Å². The van der Waals surface area contributed by atoms with E-state index in [1.54, 1.807) is 32.0 Å². The molecule has 7 heteroatoms. The van der Waals surface area contributed by atoms with Crippen LogP contribution in [-0.2, 0) is 4.79 Å². The topological polar surface area (TPSA) is 95.9 Å². The summed E-state index contributed by atoms with van der Waals surface area (Å²) in [5.41, 5.74) is 0.643. The zero-order chi connectivity index (χ0) is 17.9. The number of carboxylic acids is 1. The fourth-order valence-electron chi connectivity index (χ4n) is 2.04. The molecular formula is C17H16ClNO5. The lowest BCUT2D eigenvalue weighted by Crippen LogP contribution is -2.31. The predicted octanol–water partition coefficient (Wildman–Crippen LogP) is 3.46. The fourth-order valence-corrected chi connectivity index (χ4v) is 2.27. The molecule has 0 aliphatic heterocycles. The number of benzene rings is 2. The minimum atomic E-state index is -1.26. The molecule has 0 heterocycles. The van der Waals surface area contributed by atoms with Crippen molar-refractivity contribution in [2.24, 2.45) is 0 Å². The second-order valence-corrected chi connectivity index (χ2v) is 5.63. The van der Waals surface area contributed by atoms with Crippen molar-refractivity contribution in [2.45, 2.75) is 20.0 Å². The number of aromatic hydroxyl groups is 1. The Hall–Kier alpha value is -2.73. The van der Waals surface area contributed by atoms with Gasteiger partial charge in [0.05, 0.1) is 11.3 Å². The average Bonchev–Trinajstić information content (AvgIpc) is 2.51. The number of ether oxygens (including phenoxy) is 1. The van der Waals surface area contributed by atoms with Crippen LogP contribution in [0.15, 0.2) is 36.4 Å². The first kappa shape index (κ1) is 17.6. The Labute approximate surface area is 143 Å². The number of rotatable bonds is 5. The summed E-state index contributed by atoms with van der Waals surface area (Å²) in [7, 11) is 0. The molecule has 6 nitrogen and oxygen atoms in total. The van der Waals surface area contributed by atoms with Crippen LogP contribution in [0.1, 0.15) is 22.8 Å². The third-order valence-corrected chi connectivity index (χ3v) is 3.54. The number of halogens is 1. The largest absolute Gasteiger partial charge is 0.508 e. The van der Waals surface area contributed by atoms with Crippen molar-refractivity contribution >= 4 is 29.2 Å². The molecule has 0 fully saturated rings. The maximum Gasteiger partial charge on any atom is 0.337 e. The SMILES string of the molecule is Cc1cc(Cl)ccc1O[C@H](C)C(=O)Nc1ccc(O)cc1C(=O)O. The number of anilines is 1. The van der Waals surface area contributed by atoms with Crippen LogP contribution in [0.25, 0.3) is 0 Å². The van der Waals surface area contributed by atoms with E-state index < -0.39 is 18.0 Å². The second-order valence-electron chi connectivity index (χ2n) is 5.19. The number of aromatic carboxylic acids is 1. The molecule has 0 radical (unpaired) electrons. The minimum Gasteiger partial charge on any atom is -0.508 e. The van der Waals surface area contributed by atoms with Gasteiger partial charge in [-0.05, 0) is 55.8 Å². The second kappa shape index (κ2) is 7.23. The summed E-state index contributed by atoms with van der Waals surface area (Å²) in [5.74, 6) is -1.47. The molecule has 0 aromatic heterocycles. The van der Waals surface area contributed by atoms with Crippen LogP contribution < -0.4 is 10.1 Å². The van der Waals surface area contributed by atoms with E-state index in [0.29, 0.717) is 10.8 Å². The first-order valence-corrected chi connectivity index (χ1v) is 7.45. The van der Waals surface area contributed by atoms with Crippen molar-refractivity contribution in [3.05, 3.63) is 52.5 Å². The zero-order valence-corrected chi connectivity index (χ0v) is 13.8. The highest BCUT2D eigenvalue weighted by molar-refractivity contribution is 6.30. The smallest absolute Gasteiger partial charge is 0.337 e. The van der Waals surface area contributed by atoms with E-state index >= 15 is 0 Å². The van der Waals surface area contributed by atoms with E-state index in [1.165, 1.54) is 12.1 Å². The van der Waals surface area contributed by atoms with Gasteiger partial charge in [0.1, 0.15) is 11.5 Å². The molecule has 0 aliphatic carbocycles. The number of nitrogens with one attached hydrogen (secondary N) is 1. The van der Waals surface area contributed by atoms with Crippen molar-refractivity contribution in [1.82, 2.24) is 0 Å². The molecule has 1 atom stereocenters. The number of aryl methyl sites for hydroxylation is 1. The van der Waals surface area contributed by atoms with Gasteiger partial charge in [0.15, 0.2) is 6.10 Å². The Balaban J connectivity index is 2.13. The number of hydrogen-bond acceptors (Lipinski definition) is 4. The van der Waals surface area contributed by atoms with Crippen LogP contribution in [0, 0.1) is 6.92 Å². The normalized spacial score (nSPS) is 11.6. The van der Waals surface area contributed by atoms with Gasteiger partial charge in [-0.3, -0.25) is 4.79 Å². The molecule has 0 unspecified atom stereocenters. The highest BCUT2D eigenvalue weighted by Gasteiger charge is 2.19. The Morgan fingerprint density at radius 3 is 2.54 bits per heavy atom. The molecular weight excluding hydrogens is 334 g/mol. The lowest BCUT2D eigenvalue weighted by molar-refractivity contribution is -0.122. The van der Waals surface area contributed by atoms with Gasteiger partial charge in [0.25, 0.3) is 5.91 Å². The molecule has 0 bridgehead atoms. The van der Waals surface area contributed by atoms with Gasteiger partial charge in [-0.1, -0.05) is 11.6 Å². The summed E-state index contributed by atoms with van der Waals surface area (Å²) >= 11 is 5.87.